The standard InChI is InChI=1S/C16H25N3O/c1-2-3-4-10-17-16(20)18-14-8-7-9-15(13-14)19-11-5-6-12-19/h7-9,13H,2-6,10-12H2,1H3,(H2,17,18,20). The van der Waals surface area contributed by atoms with Gasteiger partial charge in [-0.2, -0.15) is 0 Å². The molecule has 1 heterocycles. The quantitative estimate of drug-likeness (QED) is 0.779. The van der Waals surface area contributed by atoms with Crippen LogP contribution in [0.3, 0.4) is 0 Å². The molecule has 4 nitrogen and oxygen atoms in total. The highest BCUT2D eigenvalue weighted by Crippen LogP contribution is 2.23. The van der Waals surface area contributed by atoms with Gasteiger partial charge in [-0.25, -0.2) is 4.79 Å². The number of anilines is 2. The van der Waals surface area contributed by atoms with E-state index in [0.29, 0.717) is 0 Å². The van der Waals surface area contributed by atoms with Gasteiger partial charge < -0.3 is 15.5 Å². The third kappa shape index (κ3) is 4.44. The van der Waals surface area contributed by atoms with E-state index in [1.165, 1.54) is 24.9 Å². The zero-order valence-electron chi connectivity index (χ0n) is 12.3. The fourth-order valence-electron chi connectivity index (χ4n) is 2.51. The summed E-state index contributed by atoms with van der Waals surface area (Å²) in [7, 11) is 0. The molecule has 0 radical (unpaired) electrons. The molecule has 0 saturated carbocycles. The first-order valence-corrected chi connectivity index (χ1v) is 7.69. The van der Waals surface area contributed by atoms with E-state index >= 15 is 0 Å². The third-order valence-corrected chi connectivity index (χ3v) is 3.64. The summed E-state index contributed by atoms with van der Waals surface area (Å²) < 4.78 is 0. The molecule has 2 amide bonds. The lowest BCUT2D eigenvalue weighted by molar-refractivity contribution is 0.252. The summed E-state index contributed by atoms with van der Waals surface area (Å²) in [5, 5.41) is 5.80. The van der Waals surface area contributed by atoms with Crippen LogP contribution in [0.25, 0.3) is 0 Å². The van der Waals surface area contributed by atoms with Crippen LogP contribution < -0.4 is 15.5 Å². The Balaban J connectivity index is 1.82. The van der Waals surface area contributed by atoms with Gasteiger partial charge in [0.05, 0.1) is 0 Å². The lowest BCUT2D eigenvalue weighted by Crippen LogP contribution is -2.29. The Kier molecular flexibility index (Phi) is 5.71. The molecular weight excluding hydrogens is 250 g/mol. The molecule has 4 heteroatoms. The fraction of sp³-hybridized carbons (Fsp3) is 0.562. The molecular formula is C16H25N3O. The monoisotopic (exact) mass is 275 g/mol. The van der Waals surface area contributed by atoms with Crippen LogP contribution in [0.2, 0.25) is 0 Å². The largest absolute Gasteiger partial charge is 0.371 e. The molecule has 0 aromatic heterocycles. The highest BCUT2D eigenvalue weighted by molar-refractivity contribution is 5.89. The van der Waals surface area contributed by atoms with Gasteiger partial charge in [0.2, 0.25) is 0 Å². The Bertz CT molecular complexity index is 427. The topological polar surface area (TPSA) is 44.4 Å². The van der Waals surface area contributed by atoms with Crippen LogP contribution in [0, 0.1) is 0 Å². The molecule has 0 aliphatic carbocycles. The number of hydrogen-bond acceptors (Lipinski definition) is 2. The molecule has 1 aromatic carbocycles. The molecule has 0 spiro atoms. The molecule has 0 atom stereocenters. The van der Waals surface area contributed by atoms with Gasteiger partial charge in [0, 0.05) is 31.0 Å². The van der Waals surface area contributed by atoms with E-state index < -0.39 is 0 Å². The van der Waals surface area contributed by atoms with Crippen LogP contribution in [0.5, 0.6) is 0 Å². The van der Waals surface area contributed by atoms with Crippen molar-refractivity contribution >= 4 is 17.4 Å². The maximum Gasteiger partial charge on any atom is 0.319 e. The number of amides is 2. The summed E-state index contributed by atoms with van der Waals surface area (Å²) in [5.74, 6) is 0. The van der Waals surface area contributed by atoms with Crippen molar-refractivity contribution in [1.82, 2.24) is 5.32 Å². The molecule has 1 fully saturated rings. The summed E-state index contributed by atoms with van der Waals surface area (Å²) >= 11 is 0. The van der Waals surface area contributed by atoms with E-state index in [9.17, 15) is 4.79 Å². The number of nitrogens with zero attached hydrogens (tertiary/aromatic N) is 1. The Morgan fingerprint density at radius 2 is 2.05 bits per heavy atom. The summed E-state index contributed by atoms with van der Waals surface area (Å²) in [6.45, 7) is 5.13. The van der Waals surface area contributed by atoms with E-state index in [1.54, 1.807) is 0 Å². The van der Waals surface area contributed by atoms with Gasteiger partial charge >= 0.3 is 6.03 Å². The number of nitrogens with one attached hydrogen (secondary N) is 2. The summed E-state index contributed by atoms with van der Waals surface area (Å²) in [6, 6.07) is 7.98. The molecule has 0 unspecified atom stereocenters. The van der Waals surface area contributed by atoms with Crippen LogP contribution in [0.15, 0.2) is 24.3 Å². The molecule has 110 valence electrons. The Labute approximate surface area is 121 Å². The molecule has 2 rings (SSSR count). The number of rotatable bonds is 6. The van der Waals surface area contributed by atoms with Crippen molar-refractivity contribution in [2.24, 2.45) is 0 Å². The predicted molar refractivity (Wildman–Crippen MR) is 84.4 cm³/mol. The number of benzene rings is 1. The highest BCUT2D eigenvalue weighted by atomic mass is 16.2. The first kappa shape index (κ1) is 14.7. The average molecular weight is 275 g/mol. The fourth-order valence-corrected chi connectivity index (χ4v) is 2.51. The zero-order chi connectivity index (χ0) is 14.2. The van der Waals surface area contributed by atoms with Crippen LogP contribution in [-0.2, 0) is 0 Å². The number of carbonyl (C=O) groups excluding carboxylic acids is 1. The van der Waals surface area contributed by atoms with Crippen molar-refractivity contribution in [3.63, 3.8) is 0 Å². The number of carbonyl (C=O) groups is 1. The van der Waals surface area contributed by atoms with Gasteiger partial charge in [-0.15, -0.1) is 0 Å². The minimum Gasteiger partial charge on any atom is -0.371 e. The molecule has 1 saturated heterocycles. The minimum absolute atomic E-state index is 0.111. The summed E-state index contributed by atoms with van der Waals surface area (Å²) in [6.07, 6.45) is 5.88. The first-order chi connectivity index (χ1) is 9.79. The maximum absolute atomic E-state index is 11.8. The Hall–Kier alpha value is -1.71. The first-order valence-electron chi connectivity index (χ1n) is 7.69. The van der Waals surface area contributed by atoms with Crippen LogP contribution in [0.1, 0.15) is 39.0 Å². The van der Waals surface area contributed by atoms with Gasteiger partial charge in [0.1, 0.15) is 0 Å². The zero-order valence-corrected chi connectivity index (χ0v) is 12.3. The van der Waals surface area contributed by atoms with Crippen LogP contribution in [0.4, 0.5) is 16.2 Å². The minimum atomic E-state index is -0.111. The molecule has 1 aromatic rings. The SMILES string of the molecule is CCCCCNC(=O)Nc1cccc(N2CCCC2)c1. The summed E-state index contributed by atoms with van der Waals surface area (Å²) in [4.78, 5) is 14.1. The van der Waals surface area contributed by atoms with Gasteiger partial charge in [0.15, 0.2) is 0 Å². The average Bonchev–Trinajstić information content (AvgIpc) is 2.98. The van der Waals surface area contributed by atoms with E-state index in [1.807, 2.05) is 12.1 Å². The van der Waals surface area contributed by atoms with Crippen LogP contribution >= 0.6 is 0 Å². The molecule has 2 N–H and O–H groups in total. The second kappa shape index (κ2) is 7.78. The van der Waals surface area contributed by atoms with Gasteiger partial charge in [0.25, 0.3) is 0 Å². The predicted octanol–water partition coefficient (Wildman–Crippen LogP) is 3.60. The van der Waals surface area contributed by atoms with Crippen molar-refractivity contribution in [3.05, 3.63) is 24.3 Å². The van der Waals surface area contributed by atoms with Gasteiger partial charge in [-0.1, -0.05) is 25.8 Å². The van der Waals surface area contributed by atoms with Crippen LogP contribution in [-0.4, -0.2) is 25.7 Å². The van der Waals surface area contributed by atoms with Crippen molar-refractivity contribution < 1.29 is 4.79 Å². The normalized spacial score (nSPS) is 14.3. The van der Waals surface area contributed by atoms with E-state index in [0.717, 1.165) is 38.2 Å². The number of hydrogen-bond donors (Lipinski definition) is 2. The number of urea groups is 1. The molecule has 0 bridgehead atoms. The summed E-state index contributed by atoms with van der Waals surface area (Å²) in [5.41, 5.74) is 2.06. The van der Waals surface area contributed by atoms with Crippen molar-refractivity contribution in [1.29, 1.82) is 0 Å². The molecule has 1 aliphatic rings. The lowest BCUT2D eigenvalue weighted by Gasteiger charge is -2.18. The van der Waals surface area contributed by atoms with Crippen molar-refractivity contribution in [3.8, 4) is 0 Å². The molecule has 1 aliphatic heterocycles. The van der Waals surface area contributed by atoms with Gasteiger partial charge in [-0.05, 0) is 37.5 Å². The Morgan fingerprint density at radius 3 is 2.80 bits per heavy atom. The maximum atomic E-state index is 11.8. The lowest BCUT2D eigenvalue weighted by atomic mass is 10.2. The van der Waals surface area contributed by atoms with Gasteiger partial charge in [-0.3, -0.25) is 0 Å². The van der Waals surface area contributed by atoms with E-state index in [-0.39, 0.29) is 6.03 Å². The van der Waals surface area contributed by atoms with E-state index in [4.69, 9.17) is 0 Å². The second-order valence-electron chi connectivity index (χ2n) is 5.33. The smallest absolute Gasteiger partial charge is 0.319 e. The van der Waals surface area contributed by atoms with E-state index in [2.05, 4.69) is 34.6 Å². The highest BCUT2D eigenvalue weighted by Gasteiger charge is 2.12. The Morgan fingerprint density at radius 1 is 1.25 bits per heavy atom. The third-order valence-electron chi connectivity index (χ3n) is 3.64. The van der Waals surface area contributed by atoms with Crippen molar-refractivity contribution in [2.75, 3.05) is 29.9 Å². The molecule has 20 heavy (non-hydrogen) atoms. The van der Waals surface area contributed by atoms with Crippen molar-refractivity contribution in [2.45, 2.75) is 39.0 Å². The second-order valence-corrected chi connectivity index (χ2v) is 5.33. The number of unbranched alkanes of at least 4 members (excludes halogenated alkanes) is 2.